The zero-order chi connectivity index (χ0) is 18.4. The van der Waals surface area contributed by atoms with E-state index < -0.39 is 5.97 Å². The van der Waals surface area contributed by atoms with Gasteiger partial charge in [-0.15, -0.1) is 0 Å². The molecule has 1 N–H and O–H groups in total. The van der Waals surface area contributed by atoms with Gasteiger partial charge in [-0.3, -0.25) is 9.79 Å². The summed E-state index contributed by atoms with van der Waals surface area (Å²) in [5.41, 5.74) is 0.424. The van der Waals surface area contributed by atoms with Crippen LogP contribution in [0.15, 0.2) is 15.5 Å². The molecular weight excluding hydrogens is 326 g/mol. The van der Waals surface area contributed by atoms with E-state index in [0.29, 0.717) is 23.6 Å². The Morgan fingerprint density at radius 2 is 2.00 bits per heavy atom. The van der Waals surface area contributed by atoms with Gasteiger partial charge in [-0.25, -0.2) is 4.79 Å². The lowest BCUT2D eigenvalue weighted by Gasteiger charge is -2.33. The van der Waals surface area contributed by atoms with Gasteiger partial charge in [0.2, 0.25) is 0 Å². The van der Waals surface area contributed by atoms with Crippen LogP contribution in [0.3, 0.4) is 0 Å². The smallest absolute Gasteiger partial charge is 0.341 e. The van der Waals surface area contributed by atoms with Crippen LogP contribution in [-0.4, -0.2) is 57.2 Å². The molecule has 1 saturated heterocycles. The second kappa shape index (κ2) is 8.55. The number of methoxy groups -OCH3 is 2. The molecule has 0 unspecified atom stereocenters. The molecule has 0 atom stereocenters. The minimum atomic E-state index is -0.415. The SMILES string of the molecule is CN=C(NCc1cc(C(=O)OC)c(C)o1)N1CCC(C(=O)OC)CC1. The Morgan fingerprint density at radius 3 is 2.56 bits per heavy atom. The predicted molar refractivity (Wildman–Crippen MR) is 91.3 cm³/mol. The van der Waals surface area contributed by atoms with Crippen molar-refractivity contribution >= 4 is 17.9 Å². The first-order chi connectivity index (χ1) is 12.0. The Hall–Kier alpha value is -2.51. The number of guanidine groups is 1. The van der Waals surface area contributed by atoms with E-state index in [1.165, 1.54) is 14.2 Å². The molecule has 1 fully saturated rings. The van der Waals surface area contributed by atoms with E-state index in [9.17, 15) is 9.59 Å². The Labute approximate surface area is 147 Å². The first-order valence-electron chi connectivity index (χ1n) is 8.21. The highest BCUT2D eigenvalue weighted by Gasteiger charge is 2.27. The highest BCUT2D eigenvalue weighted by molar-refractivity contribution is 5.90. The van der Waals surface area contributed by atoms with Gasteiger partial charge in [0.25, 0.3) is 0 Å². The van der Waals surface area contributed by atoms with Crippen LogP contribution >= 0.6 is 0 Å². The van der Waals surface area contributed by atoms with Crippen molar-refractivity contribution in [1.82, 2.24) is 10.2 Å². The zero-order valence-corrected chi connectivity index (χ0v) is 15.1. The van der Waals surface area contributed by atoms with E-state index in [2.05, 4.69) is 15.2 Å². The number of rotatable bonds is 4. The third kappa shape index (κ3) is 4.52. The van der Waals surface area contributed by atoms with E-state index in [0.717, 1.165) is 31.9 Å². The van der Waals surface area contributed by atoms with E-state index in [4.69, 9.17) is 13.9 Å². The third-order valence-electron chi connectivity index (χ3n) is 4.34. The van der Waals surface area contributed by atoms with Crippen LogP contribution < -0.4 is 5.32 Å². The molecule has 0 bridgehead atoms. The van der Waals surface area contributed by atoms with Crippen molar-refractivity contribution in [2.45, 2.75) is 26.3 Å². The molecule has 0 spiro atoms. The Balaban J connectivity index is 1.91. The van der Waals surface area contributed by atoms with E-state index >= 15 is 0 Å². The second-order valence-electron chi connectivity index (χ2n) is 5.86. The molecule has 2 rings (SSSR count). The number of nitrogens with zero attached hydrogens (tertiary/aromatic N) is 2. The first kappa shape index (κ1) is 18.8. The average Bonchev–Trinajstić information content (AvgIpc) is 3.02. The number of hydrogen-bond donors (Lipinski definition) is 1. The van der Waals surface area contributed by atoms with Crippen LogP contribution in [0.25, 0.3) is 0 Å². The fraction of sp³-hybridized carbons (Fsp3) is 0.588. The van der Waals surface area contributed by atoms with Crippen LogP contribution in [0.4, 0.5) is 0 Å². The van der Waals surface area contributed by atoms with E-state index in [1.54, 1.807) is 20.0 Å². The Kier molecular flexibility index (Phi) is 6.44. The molecule has 8 heteroatoms. The third-order valence-corrected chi connectivity index (χ3v) is 4.34. The van der Waals surface area contributed by atoms with Gasteiger partial charge < -0.3 is 24.1 Å². The van der Waals surface area contributed by atoms with Crippen LogP contribution in [0.2, 0.25) is 0 Å². The summed E-state index contributed by atoms with van der Waals surface area (Å²) >= 11 is 0. The number of hydrogen-bond acceptors (Lipinski definition) is 6. The number of aryl methyl sites for hydroxylation is 1. The fourth-order valence-corrected chi connectivity index (χ4v) is 2.94. The lowest BCUT2D eigenvalue weighted by molar-refractivity contribution is -0.146. The number of nitrogens with one attached hydrogen (secondary N) is 1. The lowest BCUT2D eigenvalue weighted by Crippen LogP contribution is -2.46. The summed E-state index contributed by atoms with van der Waals surface area (Å²) < 4.78 is 15.1. The van der Waals surface area contributed by atoms with Crippen LogP contribution in [0.1, 0.15) is 34.7 Å². The number of carbonyl (C=O) groups is 2. The highest BCUT2D eigenvalue weighted by Crippen LogP contribution is 2.19. The quantitative estimate of drug-likeness (QED) is 0.497. The minimum absolute atomic E-state index is 0.0466. The zero-order valence-electron chi connectivity index (χ0n) is 15.1. The van der Waals surface area contributed by atoms with Gasteiger partial charge in [0, 0.05) is 20.1 Å². The number of piperidine rings is 1. The molecule has 0 saturated carbocycles. The molecule has 0 radical (unpaired) electrons. The molecule has 1 aromatic heterocycles. The molecule has 2 heterocycles. The van der Waals surface area contributed by atoms with Crippen molar-refractivity contribution in [2.24, 2.45) is 10.9 Å². The largest absolute Gasteiger partial charge is 0.469 e. The number of furan rings is 1. The van der Waals surface area contributed by atoms with Crippen molar-refractivity contribution in [1.29, 1.82) is 0 Å². The predicted octanol–water partition coefficient (Wildman–Crippen LogP) is 1.34. The number of aliphatic imine (C=N–C) groups is 1. The van der Waals surface area contributed by atoms with Gasteiger partial charge in [0.1, 0.15) is 17.1 Å². The van der Waals surface area contributed by atoms with Gasteiger partial charge in [0.05, 0.1) is 26.7 Å². The number of esters is 2. The number of ether oxygens (including phenoxy) is 2. The topological polar surface area (TPSA) is 93.4 Å². The van der Waals surface area contributed by atoms with Crippen molar-refractivity contribution in [3.63, 3.8) is 0 Å². The maximum Gasteiger partial charge on any atom is 0.341 e. The normalized spacial score (nSPS) is 15.8. The van der Waals surface area contributed by atoms with Gasteiger partial charge in [-0.1, -0.05) is 0 Å². The summed E-state index contributed by atoms with van der Waals surface area (Å²) in [6.45, 7) is 3.58. The molecule has 0 aromatic carbocycles. The number of likely N-dealkylation sites (tertiary alicyclic amines) is 1. The molecule has 25 heavy (non-hydrogen) atoms. The van der Waals surface area contributed by atoms with Gasteiger partial charge in [-0.05, 0) is 25.8 Å². The summed E-state index contributed by atoms with van der Waals surface area (Å²) in [6, 6.07) is 1.67. The van der Waals surface area contributed by atoms with Crippen molar-refractivity contribution in [3.05, 3.63) is 23.2 Å². The van der Waals surface area contributed by atoms with E-state index in [1.807, 2.05) is 0 Å². The van der Waals surface area contributed by atoms with Crippen LogP contribution in [0.5, 0.6) is 0 Å². The van der Waals surface area contributed by atoms with E-state index in [-0.39, 0.29) is 11.9 Å². The molecule has 0 amide bonds. The average molecular weight is 351 g/mol. The minimum Gasteiger partial charge on any atom is -0.469 e. The second-order valence-corrected chi connectivity index (χ2v) is 5.86. The summed E-state index contributed by atoms with van der Waals surface area (Å²) in [4.78, 5) is 29.6. The molecular formula is C17H25N3O5. The summed E-state index contributed by atoms with van der Waals surface area (Å²) in [6.07, 6.45) is 1.47. The van der Waals surface area contributed by atoms with Crippen LogP contribution in [-0.2, 0) is 20.8 Å². The monoisotopic (exact) mass is 351 g/mol. The molecule has 0 aliphatic carbocycles. The molecule has 8 nitrogen and oxygen atoms in total. The van der Waals surface area contributed by atoms with Gasteiger partial charge in [-0.2, -0.15) is 0 Å². The lowest BCUT2D eigenvalue weighted by atomic mass is 9.97. The van der Waals surface area contributed by atoms with Crippen molar-refractivity contribution in [3.8, 4) is 0 Å². The summed E-state index contributed by atoms with van der Waals surface area (Å²) in [5.74, 6) is 1.28. The summed E-state index contributed by atoms with van der Waals surface area (Å²) in [7, 11) is 4.47. The summed E-state index contributed by atoms with van der Waals surface area (Å²) in [5, 5.41) is 3.22. The van der Waals surface area contributed by atoms with Crippen molar-refractivity contribution in [2.75, 3.05) is 34.4 Å². The van der Waals surface area contributed by atoms with Gasteiger partial charge >= 0.3 is 11.9 Å². The fourth-order valence-electron chi connectivity index (χ4n) is 2.94. The molecule has 1 aliphatic rings. The van der Waals surface area contributed by atoms with Gasteiger partial charge in [0.15, 0.2) is 5.96 Å². The molecule has 1 aromatic rings. The number of carbonyl (C=O) groups excluding carboxylic acids is 2. The maximum absolute atomic E-state index is 11.6. The maximum atomic E-state index is 11.6. The van der Waals surface area contributed by atoms with Crippen molar-refractivity contribution < 1.29 is 23.5 Å². The highest BCUT2D eigenvalue weighted by atomic mass is 16.5. The van der Waals surface area contributed by atoms with Crippen LogP contribution in [0, 0.1) is 12.8 Å². The Morgan fingerprint density at radius 1 is 1.32 bits per heavy atom. The standard InChI is InChI=1S/C17H25N3O5/c1-11-14(16(22)24-4)9-13(25-11)10-19-17(18-2)20-7-5-12(6-8-20)15(21)23-3/h9,12H,5-8,10H2,1-4H3,(H,18,19). The molecule has 1 aliphatic heterocycles. The Bertz CT molecular complexity index is 645. The molecule has 138 valence electrons. The first-order valence-corrected chi connectivity index (χ1v) is 8.21.